The van der Waals surface area contributed by atoms with Crippen molar-refractivity contribution in [1.82, 2.24) is 19.5 Å². The fourth-order valence-corrected chi connectivity index (χ4v) is 4.94. The van der Waals surface area contributed by atoms with Crippen molar-refractivity contribution >= 4 is 11.6 Å². The predicted molar refractivity (Wildman–Crippen MR) is 116 cm³/mol. The zero-order valence-electron chi connectivity index (χ0n) is 18.9. The van der Waals surface area contributed by atoms with Crippen LogP contribution in [0.1, 0.15) is 29.0 Å². The molecule has 5 rings (SSSR count). The van der Waals surface area contributed by atoms with Crippen LogP contribution >= 0.6 is 0 Å². The number of carbonyl (C=O) groups is 1. The summed E-state index contributed by atoms with van der Waals surface area (Å²) >= 11 is 0. The Bertz CT molecular complexity index is 1240. The number of hydrogen-bond donors (Lipinski definition) is 1. The molecule has 4 heterocycles. The number of fused-ring (bicyclic) bond motifs is 2. The summed E-state index contributed by atoms with van der Waals surface area (Å²) < 4.78 is 53.1. The Balaban J connectivity index is 1.54. The van der Waals surface area contributed by atoms with Gasteiger partial charge in [-0.15, -0.1) is 0 Å². The summed E-state index contributed by atoms with van der Waals surface area (Å²) in [6, 6.07) is 7.40. The minimum atomic E-state index is -4.70. The zero-order valence-corrected chi connectivity index (χ0v) is 18.9. The summed E-state index contributed by atoms with van der Waals surface area (Å²) in [7, 11) is 2.92. The number of piperazine rings is 1. The Kier molecular flexibility index (Phi) is 5.59. The quantitative estimate of drug-likeness (QED) is 0.623. The second-order valence-corrected chi connectivity index (χ2v) is 8.64. The number of benzene rings is 1. The van der Waals surface area contributed by atoms with E-state index < -0.39 is 11.9 Å². The number of alkyl halides is 3. The van der Waals surface area contributed by atoms with Gasteiger partial charge in [0.1, 0.15) is 6.04 Å². The second-order valence-electron chi connectivity index (χ2n) is 8.64. The third kappa shape index (κ3) is 3.93. The van der Waals surface area contributed by atoms with Crippen molar-refractivity contribution in [3.8, 4) is 22.8 Å². The van der Waals surface area contributed by atoms with E-state index in [0.717, 1.165) is 32.0 Å². The first-order valence-corrected chi connectivity index (χ1v) is 11.1. The van der Waals surface area contributed by atoms with Gasteiger partial charge >= 0.3 is 6.18 Å². The van der Waals surface area contributed by atoms with E-state index in [9.17, 15) is 18.0 Å². The number of halogens is 3. The van der Waals surface area contributed by atoms with Crippen LogP contribution < -0.4 is 14.4 Å². The minimum Gasteiger partial charge on any atom is -0.493 e. The van der Waals surface area contributed by atoms with Gasteiger partial charge in [-0.1, -0.05) is 0 Å². The Morgan fingerprint density at radius 1 is 1.12 bits per heavy atom. The smallest absolute Gasteiger partial charge is 0.433 e. The van der Waals surface area contributed by atoms with Crippen LogP contribution in [0.25, 0.3) is 16.9 Å². The molecular formula is C23H25F3N5O3+. The van der Waals surface area contributed by atoms with E-state index in [1.807, 2.05) is 0 Å². The van der Waals surface area contributed by atoms with Gasteiger partial charge in [-0.05, 0) is 24.3 Å². The molecule has 1 aromatic carbocycles. The number of quaternary nitrogens is 1. The lowest BCUT2D eigenvalue weighted by atomic mass is 10.1. The fraction of sp³-hybridized carbons (Fsp3) is 0.435. The molecule has 1 N–H and O–H groups in total. The number of amides is 1. The molecule has 0 spiro atoms. The molecule has 180 valence electrons. The largest absolute Gasteiger partial charge is 0.493 e. The van der Waals surface area contributed by atoms with Gasteiger partial charge in [0.2, 0.25) is 0 Å². The topological polar surface area (TPSA) is 73.4 Å². The van der Waals surface area contributed by atoms with E-state index >= 15 is 0 Å². The standard InChI is InChI=1S/C23H24F3N5O3/c1-33-18-6-5-14(10-19(18)34-2)16-11-20(23(24,25)26)31-21(27-16)12-17(28-31)22(32)30-9-8-29-7-3-4-15(29)13-30/h5-6,10-12,15H,3-4,7-9,13H2,1-2H3/p+1/t15-/m0/s1. The fourth-order valence-electron chi connectivity index (χ4n) is 4.94. The van der Waals surface area contributed by atoms with Crippen molar-refractivity contribution in [2.45, 2.75) is 25.1 Å². The molecule has 1 unspecified atom stereocenters. The molecule has 0 bridgehead atoms. The maximum Gasteiger partial charge on any atom is 0.433 e. The monoisotopic (exact) mass is 476 g/mol. The van der Waals surface area contributed by atoms with Gasteiger partial charge < -0.3 is 19.3 Å². The maximum atomic E-state index is 14.0. The molecule has 0 saturated carbocycles. The molecule has 2 aliphatic heterocycles. The minimum absolute atomic E-state index is 0.0380. The van der Waals surface area contributed by atoms with E-state index in [4.69, 9.17) is 9.47 Å². The summed E-state index contributed by atoms with van der Waals surface area (Å²) in [4.78, 5) is 20.7. The van der Waals surface area contributed by atoms with Crippen LogP contribution in [0.5, 0.6) is 11.5 Å². The van der Waals surface area contributed by atoms with Crippen molar-refractivity contribution in [2.24, 2.45) is 0 Å². The zero-order chi connectivity index (χ0) is 24.0. The highest BCUT2D eigenvalue weighted by Gasteiger charge is 2.38. The Morgan fingerprint density at radius 3 is 2.65 bits per heavy atom. The van der Waals surface area contributed by atoms with E-state index in [1.165, 1.54) is 25.2 Å². The lowest BCUT2D eigenvalue weighted by molar-refractivity contribution is -0.916. The van der Waals surface area contributed by atoms with Crippen molar-refractivity contribution in [3.05, 3.63) is 41.7 Å². The molecule has 34 heavy (non-hydrogen) atoms. The first-order valence-electron chi connectivity index (χ1n) is 11.1. The van der Waals surface area contributed by atoms with Gasteiger partial charge in [-0.3, -0.25) is 4.79 Å². The van der Waals surface area contributed by atoms with Crippen LogP contribution in [0.2, 0.25) is 0 Å². The highest BCUT2D eigenvalue weighted by molar-refractivity contribution is 5.93. The third-order valence-corrected chi connectivity index (χ3v) is 6.67. The number of nitrogens with zero attached hydrogens (tertiary/aromatic N) is 4. The summed E-state index contributed by atoms with van der Waals surface area (Å²) in [5.74, 6) is 0.454. The van der Waals surface area contributed by atoms with Gasteiger partial charge in [-0.25, -0.2) is 9.50 Å². The number of methoxy groups -OCH3 is 2. The average Bonchev–Trinajstić information content (AvgIpc) is 3.48. The van der Waals surface area contributed by atoms with E-state index in [-0.39, 0.29) is 22.9 Å². The molecule has 2 aliphatic rings. The molecule has 0 aliphatic carbocycles. The van der Waals surface area contributed by atoms with Crippen LogP contribution in [-0.4, -0.2) is 71.8 Å². The number of aromatic nitrogens is 3. The molecule has 2 atom stereocenters. The van der Waals surface area contributed by atoms with Gasteiger partial charge in [-0.2, -0.15) is 18.3 Å². The van der Waals surface area contributed by atoms with Gasteiger partial charge in [0, 0.05) is 24.5 Å². The van der Waals surface area contributed by atoms with Crippen LogP contribution in [-0.2, 0) is 6.18 Å². The molecule has 1 amide bonds. The summed E-state index contributed by atoms with van der Waals surface area (Å²) in [6.07, 6.45) is -2.51. The van der Waals surface area contributed by atoms with Crippen molar-refractivity contribution in [2.75, 3.05) is 40.4 Å². The van der Waals surface area contributed by atoms with Crippen LogP contribution in [0.3, 0.4) is 0 Å². The van der Waals surface area contributed by atoms with Crippen LogP contribution in [0.15, 0.2) is 30.3 Å². The Morgan fingerprint density at radius 2 is 1.91 bits per heavy atom. The molecule has 2 fully saturated rings. The molecule has 2 saturated heterocycles. The highest BCUT2D eigenvalue weighted by atomic mass is 19.4. The van der Waals surface area contributed by atoms with Crippen molar-refractivity contribution in [1.29, 1.82) is 0 Å². The highest BCUT2D eigenvalue weighted by Crippen LogP contribution is 2.35. The van der Waals surface area contributed by atoms with Crippen LogP contribution in [0, 0.1) is 0 Å². The number of hydrogen-bond acceptors (Lipinski definition) is 5. The normalized spacial score (nSPS) is 20.4. The first-order chi connectivity index (χ1) is 16.3. The summed E-state index contributed by atoms with van der Waals surface area (Å²) in [6.45, 7) is 3.12. The van der Waals surface area contributed by atoms with Crippen molar-refractivity contribution < 1.29 is 32.3 Å². The van der Waals surface area contributed by atoms with Gasteiger partial charge in [0.15, 0.2) is 28.5 Å². The van der Waals surface area contributed by atoms with E-state index in [2.05, 4.69) is 10.1 Å². The molecule has 11 heteroatoms. The maximum absolute atomic E-state index is 14.0. The number of nitrogens with one attached hydrogen (secondary N) is 1. The molecular weight excluding hydrogens is 451 g/mol. The lowest BCUT2D eigenvalue weighted by Gasteiger charge is -2.34. The Hall–Kier alpha value is -3.34. The SMILES string of the molecule is COc1ccc(-c2cc(C(F)(F)F)n3nc(C(=O)N4CC[NH+]5CCC[C@H]5C4)cc3n2)cc1OC. The average molecular weight is 476 g/mol. The van der Waals surface area contributed by atoms with E-state index in [0.29, 0.717) is 40.7 Å². The molecule has 8 nitrogen and oxygen atoms in total. The van der Waals surface area contributed by atoms with Crippen molar-refractivity contribution in [3.63, 3.8) is 0 Å². The van der Waals surface area contributed by atoms with E-state index in [1.54, 1.807) is 23.1 Å². The molecule has 0 radical (unpaired) electrons. The number of carbonyl (C=O) groups excluding carboxylic acids is 1. The van der Waals surface area contributed by atoms with Gasteiger partial charge in [0.05, 0.1) is 46.1 Å². The summed E-state index contributed by atoms with van der Waals surface area (Å²) in [5, 5.41) is 4.03. The predicted octanol–water partition coefficient (Wildman–Crippen LogP) is 1.94. The Labute approximate surface area is 193 Å². The van der Waals surface area contributed by atoms with Crippen LogP contribution in [0.4, 0.5) is 13.2 Å². The lowest BCUT2D eigenvalue weighted by Crippen LogP contribution is -3.16. The number of ether oxygens (including phenoxy) is 2. The summed E-state index contributed by atoms with van der Waals surface area (Å²) in [5.41, 5.74) is -0.591. The number of rotatable bonds is 4. The van der Waals surface area contributed by atoms with Gasteiger partial charge in [0.25, 0.3) is 5.91 Å². The third-order valence-electron chi connectivity index (χ3n) is 6.67. The molecule has 3 aromatic rings. The second kappa shape index (κ2) is 8.46. The molecule has 2 aromatic heterocycles. The first kappa shape index (κ1) is 22.5.